The van der Waals surface area contributed by atoms with E-state index in [9.17, 15) is 0 Å². The minimum absolute atomic E-state index is 0.269. The number of nitrogens with zero attached hydrogens (tertiary/aromatic N) is 4. The molecule has 2 atom stereocenters. The van der Waals surface area contributed by atoms with Gasteiger partial charge in [0.15, 0.2) is 5.82 Å². The topological polar surface area (TPSA) is 43.1 Å². The number of hydrogen-bond donors (Lipinski definition) is 0. The number of aryl methyl sites for hydroxylation is 2. The van der Waals surface area contributed by atoms with Crippen molar-refractivity contribution in [2.24, 2.45) is 10.9 Å². The van der Waals surface area contributed by atoms with Gasteiger partial charge in [0.25, 0.3) is 0 Å². The highest BCUT2D eigenvalue weighted by atomic mass is 35.5. The van der Waals surface area contributed by atoms with Gasteiger partial charge in [0, 0.05) is 21.0 Å². The summed E-state index contributed by atoms with van der Waals surface area (Å²) < 4.78 is 2.23. The molecule has 2 aromatic heterocycles. The van der Waals surface area contributed by atoms with E-state index in [-0.39, 0.29) is 5.54 Å². The van der Waals surface area contributed by atoms with Gasteiger partial charge in [-0.05, 0) is 50.8 Å². The maximum atomic E-state index is 6.13. The fourth-order valence-electron chi connectivity index (χ4n) is 3.93. The first-order valence-electron chi connectivity index (χ1n) is 8.81. The molecule has 0 saturated heterocycles. The van der Waals surface area contributed by atoms with E-state index >= 15 is 0 Å². The third kappa shape index (κ3) is 2.04. The molecule has 0 N–H and O–H groups in total. The average Bonchev–Trinajstić information content (AvgIpc) is 2.98. The third-order valence-corrected chi connectivity index (χ3v) is 7.16. The van der Waals surface area contributed by atoms with Crippen molar-refractivity contribution in [1.82, 2.24) is 14.8 Å². The van der Waals surface area contributed by atoms with Crippen LogP contribution in [0.25, 0.3) is 5.00 Å². The van der Waals surface area contributed by atoms with Crippen molar-refractivity contribution in [3.05, 3.63) is 62.5 Å². The largest absolute Gasteiger partial charge is 0.271 e. The Morgan fingerprint density at radius 3 is 2.50 bits per heavy atom. The summed E-state index contributed by atoms with van der Waals surface area (Å²) in [6.07, 6.45) is 1.01. The molecule has 1 aromatic carbocycles. The summed E-state index contributed by atoms with van der Waals surface area (Å²) in [5, 5.41) is 10.9. The normalized spacial score (nSPS) is 23.4. The van der Waals surface area contributed by atoms with Gasteiger partial charge in [-0.2, -0.15) is 0 Å². The Hall–Kier alpha value is -1.98. The molecule has 5 rings (SSSR count). The van der Waals surface area contributed by atoms with Crippen LogP contribution >= 0.6 is 22.9 Å². The number of rotatable bonds is 1. The lowest BCUT2D eigenvalue weighted by Crippen LogP contribution is -2.14. The number of hydrogen-bond acceptors (Lipinski definition) is 4. The number of fused-ring (bicyclic) bond motifs is 4. The predicted octanol–water partition coefficient (Wildman–Crippen LogP) is 4.99. The fraction of sp³-hybridized carbons (Fsp3) is 0.350. The highest BCUT2D eigenvalue weighted by molar-refractivity contribution is 7.15. The lowest BCUT2D eigenvalue weighted by Gasteiger charge is -2.12. The first-order valence-corrected chi connectivity index (χ1v) is 10.0. The Labute approximate surface area is 161 Å². The lowest BCUT2D eigenvalue weighted by molar-refractivity contribution is 0.607. The van der Waals surface area contributed by atoms with Gasteiger partial charge in [-0.1, -0.05) is 30.7 Å². The minimum Gasteiger partial charge on any atom is -0.271 e. The number of aromatic nitrogens is 3. The summed E-state index contributed by atoms with van der Waals surface area (Å²) in [4.78, 5) is 6.63. The molecule has 3 aromatic rings. The van der Waals surface area contributed by atoms with Gasteiger partial charge in [-0.15, -0.1) is 21.5 Å². The smallest absolute Gasteiger partial charge is 0.166 e. The van der Waals surface area contributed by atoms with Crippen molar-refractivity contribution >= 4 is 28.6 Å². The molecule has 2 aliphatic rings. The maximum Gasteiger partial charge on any atom is 0.166 e. The van der Waals surface area contributed by atoms with Crippen LogP contribution in [0.2, 0.25) is 5.02 Å². The fourth-order valence-corrected chi connectivity index (χ4v) is 5.26. The Bertz CT molecular complexity index is 1080. The third-order valence-electron chi connectivity index (χ3n) is 5.72. The van der Waals surface area contributed by atoms with E-state index in [1.54, 1.807) is 11.3 Å². The highest BCUT2D eigenvalue weighted by Gasteiger charge is 2.58. The second kappa shape index (κ2) is 5.27. The van der Waals surface area contributed by atoms with Gasteiger partial charge in [0.05, 0.1) is 5.71 Å². The molecule has 1 aliphatic heterocycles. The van der Waals surface area contributed by atoms with Crippen LogP contribution < -0.4 is 0 Å². The van der Waals surface area contributed by atoms with Crippen LogP contribution in [0, 0.1) is 26.7 Å². The predicted molar refractivity (Wildman–Crippen MR) is 106 cm³/mol. The van der Waals surface area contributed by atoms with E-state index in [2.05, 4.69) is 47.7 Å². The summed E-state index contributed by atoms with van der Waals surface area (Å²) in [7, 11) is 0. The second-order valence-corrected chi connectivity index (χ2v) is 9.01. The van der Waals surface area contributed by atoms with E-state index in [0.29, 0.717) is 5.92 Å². The van der Waals surface area contributed by atoms with Crippen molar-refractivity contribution in [2.45, 2.75) is 39.7 Å². The zero-order valence-electron chi connectivity index (χ0n) is 15.2. The molecule has 1 aliphatic carbocycles. The van der Waals surface area contributed by atoms with Crippen LogP contribution in [0.5, 0.6) is 0 Å². The Balaban J connectivity index is 1.87. The Kier molecular flexibility index (Phi) is 3.29. The number of thiophene rings is 1. The van der Waals surface area contributed by atoms with Gasteiger partial charge in [-0.3, -0.25) is 9.56 Å². The van der Waals surface area contributed by atoms with Gasteiger partial charge >= 0.3 is 0 Å². The Morgan fingerprint density at radius 1 is 1.15 bits per heavy atom. The van der Waals surface area contributed by atoms with E-state index in [1.807, 2.05) is 19.1 Å². The van der Waals surface area contributed by atoms with Crippen LogP contribution in [0.4, 0.5) is 0 Å². The first-order chi connectivity index (χ1) is 12.4. The van der Waals surface area contributed by atoms with E-state index in [1.165, 1.54) is 21.0 Å². The van der Waals surface area contributed by atoms with Crippen molar-refractivity contribution in [2.75, 3.05) is 0 Å². The molecule has 1 fully saturated rings. The molecule has 3 heterocycles. The van der Waals surface area contributed by atoms with Crippen LogP contribution in [0.3, 0.4) is 0 Å². The van der Waals surface area contributed by atoms with Gasteiger partial charge in [-0.25, -0.2) is 0 Å². The second-order valence-electron chi connectivity index (χ2n) is 7.37. The molecular formula is C20H19ClN4S. The SMILES string of the molecule is Cc1sc2c(c1C)C(c1ccc(Cl)cc1)=NC1(CC1C)c1nnc(C)n1-2. The molecule has 26 heavy (non-hydrogen) atoms. The molecule has 0 radical (unpaired) electrons. The van der Waals surface area contributed by atoms with E-state index < -0.39 is 0 Å². The Morgan fingerprint density at radius 2 is 1.85 bits per heavy atom. The van der Waals surface area contributed by atoms with Crippen molar-refractivity contribution in [1.29, 1.82) is 0 Å². The highest BCUT2D eigenvalue weighted by Crippen LogP contribution is 2.57. The van der Waals surface area contributed by atoms with Gasteiger partial charge in [0.2, 0.25) is 0 Å². The van der Waals surface area contributed by atoms with Crippen molar-refractivity contribution < 1.29 is 0 Å². The maximum absolute atomic E-state index is 6.13. The lowest BCUT2D eigenvalue weighted by atomic mass is 9.99. The summed E-state index contributed by atoms with van der Waals surface area (Å²) in [5.74, 6) is 2.37. The van der Waals surface area contributed by atoms with Crippen molar-refractivity contribution in [3.63, 3.8) is 0 Å². The molecule has 1 saturated carbocycles. The number of halogens is 1. The van der Waals surface area contributed by atoms with Crippen molar-refractivity contribution in [3.8, 4) is 5.00 Å². The molecule has 4 nitrogen and oxygen atoms in total. The van der Waals surface area contributed by atoms with Crippen LogP contribution in [0.15, 0.2) is 29.3 Å². The van der Waals surface area contributed by atoms with E-state index in [4.69, 9.17) is 16.6 Å². The standard InChI is InChI=1S/C20H19ClN4S/c1-10-9-20(10)19-24-23-13(4)25(19)18-16(11(2)12(3)26-18)17(22-20)14-5-7-15(21)8-6-14/h5-8,10H,9H2,1-4H3. The molecule has 6 heteroatoms. The minimum atomic E-state index is -0.269. The van der Waals surface area contributed by atoms with Crippen LogP contribution in [0.1, 0.15) is 46.6 Å². The molecule has 2 unspecified atom stereocenters. The molecule has 0 bridgehead atoms. The summed E-state index contributed by atoms with van der Waals surface area (Å²) in [5.41, 5.74) is 4.37. The summed E-state index contributed by atoms with van der Waals surface area (Å²) in [6, 6.07) is 8.01. The molecule has 1 spiro atoms. The zero-order valence-corrected chi connectivity index (χ0v) is 16.7. The zero-order chi connectivity index (χ0) is 18.2. The molecule has 0 amide bonds. The van der Waals surface area contributed by atoms with Gasteiger partial charge < -0.3 is 0 Å². The van der Waals surface area contributed by atoms with E-state index in [0.717, 1.165) is 34.4 Å². The average molecular weight is 383 g/mol. The summed E-state index contributed by atoms with van der Waals surface area (Å²) in [6.45, 7) is 8.63. The number of aliphatic imine (C=N–C) groups is 1. The number of benzene rings is 1. The van der Waals surface area contributed by atoms with Crippen LogP contribution in [-0.4, -0.2) is 20.5 Å². The summed E-state index contributed by atoms with van der Waals surface area (Å²) >= 11 is 7.93. The van der Waals surface area contributed by atoms with Crippen LogP contribution in [-0.2, 0) is 5.54 Å². The first kappa shape index (κ1) is 16.2. The molecular weight excluding hydrogens is 364 g/mol. The molecule has 132 valence electrons. The quantitative estimate of drug-likeness (QED) is 0.594. The van der Waals surface area contributed by atoms with Gasteiger partial charge in [0.1, 0.15) is 16.4 Å². The monoisotopic (exact) mass is 382 g/mol.